The maximum absolute atomic E-state index is 12.6. The van der Waals surface area contributed by atoms with Crippen molar-refractivity contribution in [2.45, 2.75) is 38.5 Å². The fourth-order valence-corrected chi connectivity index (χ4v) is 4.49. The van der Waals surface area contributed by atoms with Crippen molar-refractivity contribution in [2.24, 2.45) is 0 Å². The van der Waals surface area contributed by atoms with Gasteiger partial charge in [-0.25, -0.2) is 0 Å². The quantitative estimate of drug-likeness (QED) is 0.844. The van der Waals surface area contributed by atoms with Crippen molar-refractivity contribution in [2.75, 3.05) is 13.1 Å². The third-order valence-electron chi connectivity index (χ3n) is 4.87. The molecular formula is C19H21F3N2OS. The van der Waals surface area contributed by atoms with Gasteiger partial charge in [-0.15, -0.1) is 11.3 Å². The lowest BCUT2D eigenvalue weighted by Gasteiger charge is -2.38. The Morgan fingerprint density at radius 1 is 1.23 bits per heavy atom. The Hall–Kier alpha value is -1.86. The zero-order valence-corrected chi connectivity index (χ0v) is 15.5. The van der Waals surface area contributed by atoms with E-state index in [0.29, 0.717) is 25.2 Å². The Balaban J connectivity index is 1.55. The van der Waals surface area contributed by atoms with Crippen molar-refractivity contribution in [1.29, 1.82) is 0 Å². The van der Waals surface area contributed by atoms with Crippen molar-refractivity contribution in [3.63, 3.8) is 0 Å². The second-order valence-electron chi connectivity index (χ2n) is 6.61. The van der Waals surface area contributed by atoms with Crippen LogP contribution in [-0.4, -0.2) is 29.9 Å². The summed E-state index contributed by atoms with van der Waals surface area (Å²) < 4.78 is 37.7. The molecule has 0 radical (unpaired) electrons. The number of alkyl halides is 3. The number of benzene rings is 1. The maximum Gasteiger partial charge on any atom is 0.416 e. The van der Waals surface area contributed by atoms with Crippen LogP contribution in [0.3, 0.4) is 0 Å². The van der Waals surface area contributed by atoms with Crippen molar-refractivity contribution in [3.8, 4) is 0 Å². The number of carbonyl (C=O) groups excluding carboxylic acids is 1. The fraction of sp³-hybridized carbons (Fsp3) is 0.421. The lowest BCUT2D eigenvalue weighted by atomic mass is 9.97. The normalized spacial score (nSPS) is 20.7. The van der Waals surface area contributed by atoms with E-state index < -0.39 is 11.7 Å². The number of halogens is 3. The van der Waals surface area contributed by atoms with E-state index in [4.69, 9.17) is 0 Å². The molecule has 3 nitrogen and oxygen atoms in total. The Morgan fingerprint density at radius 3 is 2.58 bits per heavy atom. The van der Waals surface area contributed by atoms with E-state index in [9.17, 15) is 18.0 Å². The summed E-state index contributed by atoms with van der Waals surface area (Å²) in [5.41, 5.74) is 0.884. The van der Waals surface area contributed by atoms with Gasteiger partial charge in [0.05, 0.1) is 5.56 Å². The molecule has 0 bridgehead atoms. The Labute approximate surface area is 154 Å². The number of fused-ring (bicyclic) bond motifs is 1. The van der Waals surface area contributed by atoms with Gasteiger partial charge in [-0.05, 0) is 61.5 Å². The summed E-state index contributed by atoms with van der Waals surface area (Å²) in [6.45, 7) is 5.50. The molecule has 26 heavy (non-hydrogen) atoms. The molecule has 7 heteroatoms. The van der Waals surface area contributed by atoms with Gasteiger partial charge < -0.3 is 5.32 Å². The van der Waals surface area contributed by atoms with Crippen LogP contribution in [0.4, 0.5) is 13.2 Å². The number of amides is 1. The van der Waals surface area contributed by atoms with E-state index in [-0.39, 0.29) is 11.5 Å². The van der Waals surface area contributed by atoms with Gasteiger partial charge in [0.2, 0.25) is 0 Å². The SMILES string of the molecule is C[C@@H]1Cc2ccsc2[C@H](C)N1CCNC(=O)c1ccc(C(F)(F)F)cc1. The Bertz CT molecular complexity index is 770. The first-order valence-corrected chi connectivity index (χ1v) is 9.43. The lowest BCUT2D eigenvalue weighted by Crippen LogP contribution is -2.44. The molecule has 0 saturated heterocycles. The summed E-state index contributed by atoms with van der Waals surface area (Å²) in [6, 6.07) is 7.15. The van der Waals surface area contributed by atoms with Gasteiger partial charge >= 0.3 is 6.18 Å². The molecule has 0 spiro atoms. The van der Waals surface area contributed by atoms with Crippen molar-refractivity contribution in [1.82, 2.24) is 10.2 Å². The van der Waals surface area contributed by atoms with Crippen LogP contribution in [-0.2, 0) is 12.6 Å². The van der Waals surface area contributed by atoms with E-state index >= 15 is 0 Å². The van der Waals surface area contributed by atoms with Gasteiger partial charge in [0.15, 0.2) is 0 Å². The lowest BCUT2D eigenvalue weighted by molar-refractivity contribution is -0.137. The number of nitrogens with zero attached hydrogens (tertiary/aromatic N) is 1. The van der Waals surface area contributed by atoms with Crippen molar-refractivity contribution >= 4 is 17.2 Å². The van der Waals surface area contributed by atoms with Crippen LogP contribution in [0.5, 0.6) is 0 Å². The highest BCUT2D eigenvalue weighted by Gasteiger charge is 2.31. The largest absolute Gasteiger partial charge is 0.416 e. The highest BCUT2D eigenvalue weighted by atomic mass is 32.1. The van der Waals surface area contributed by atoms with Gasteiger partial charge in [0.1, 0.15) is 0 Å². The van der Waals surface area contributed by atoms with Crippen LogP contribution >= 0.6 is 11.3 Å². The fourth-order valence-electron chi connectivity index (χ4n) is 3.48. The number of hydrogen-bond donors (Lipinski definition) is 1. The summed E-state index contributed by atoms with van der Waals surface area (Å²) in [4.78, 5) is 15.9. The molecule has 1 amide bonds. The second kappa shape index (κ2) is 7.40. The summed E-state index contributed by atoms with van der Waals surface area (Å²) in [5.74, 6) is -0.354. The molecule has 0 saturated carbocycles. The van der Waals surface area contributed by atoms with Gasteiger partial charge in [-0.1, -0.05) is 0 Å². The van der Waals surface area contributed by atoms with Crippen molar-refractivity contribution < 1.29 is 18.0 Å². The zero-order chi connectivity index (χ0) is 18.9. The third kappa shape index (κ3) is 3.94. The average molecular weight is 382 g/mol. The molecule has 3 rings (SSSR count). The molecule has 140 valence electrons. The molecule has 1 aliphatic rings. The molecule has 1 aliphatic heterocycles. The number of nitrogens with one attached hydrogen (secondary N) is 1. The van der Waals surface area contributed by atoms with Crippen LogP contribution in [0, 0.1) is 0 Å². The smallest absolute Gasteiger partial charge is 0.351 e. The molecule has 1 aromatic carbocycles. The van der Waals surface area contributed by atoms with Crippen LogP contribution in [0.25, 0.3) is 0 Å². The van der Waals surface area contributed by atoms with Crippen LogP contribution < -0.4 is 5.32 Å². The zero-order valence-electron chi connectivity index (χ0n) is 14.6. The summed E-state index contributed by atoms with van der Waals surface area (Å²) in [6.07, 6.45) is -3.40. The molecule has 2 aromatic rings. The number of hydrogen-bond acceptors (Lipinski definition) is 3. The third-order valence-corrected chi connectivity index (χ3v) is 6.00. The van der Waals surface area contributed by atoms with Crippen LogP contribution in [0.1, 0.15) is 46.3 Å². The monoisotopic (exact) mass is 382 g/mol. The molecule has 2 heterocycles. The molecular weight excluding hydrogens is 361 g/mol. The Kier molecular flexibility index (Phi) is 5.39. The first kappa shape index (κ1) is 18.9. The highest BCUT2D eigenvalue weighted by Crippen LogP contribution is 2.36. The van der Waals surface area contributed by atoms with Crippen LogP contribution in [0.15, 0.2) is 35.7 Å². The molecule has 1 aromatic heterocycles. The first-order valence-electron chi connectivity index (χ1n) is 8.55. The van der Waals surface area contributed by atoms with E-state index in [1.165, 1.54) is 22.6 Å². The molecule has 1 N–H and O–H groups in total. The molecule has 0 aliphatic carbocycles. The van der Waals surface area contributed by atoms with E-state index in [2.05, 4.69) is 35.5 Å². The number of thiophene rings is 1. The summed E-state index contributed by atoms with van der Waals surface area (Å²) in [7, 11) is 0. The minimum Gasteiger partial charge on any atom is -0.351 e. The molecule has 2 atom stereocenters. The van der Waals surface area contributed by atoms with Gasteiger partial charge in [-0.2, -0.15) is 13.2 Å². The van der Waals surface area contributed by atoms with Crippen LogP contribution in [0.2, 0.25) is 0 Å². The molecule has 0 unspecified atom stereocenters. The standard InChI is InChI=1S/C19H21F3N2OS/c1-12-11-15-7-10-26-17(15)13(2)24(12)9-8-23-18(25)14-3-5-16(6-4-14)19(20,21)22/h3-7,10,12-13H,8-9,11H2,1-2H3,(H,23,25)/t12-,13+/m1/s1. The first-order chi connectivity index (χ1) is 12.3. The molecule has 0 fully saturated rings. The predicted molar refractivity (Wildman–Crippen MR) is 96.4 cm³/mol. The Morgan fingerprint density at radius 2 is 1.92 bits per heavy atom. The second-order valence-corrected chi connectivity index (χ2v) is 7.56. The number of carbonyl (C=O) groups is 1. The minimum atomic E-state index is -4.39. The minimum absolute atomic E-state index is 0.235. The van der Waals surface area contributed by atoms with E-state index in [1.807, 2.05) is 0 Å². The highest BCUT2D eigenvalue weighted by molar-refractivity contribution is 7.10. The van der Waals surface area contributed by atoms with Crippen molar-refractivity contribution in [3.05, 3.63) is 57.3 Å². The maximum atomic E-state index is 12.6. The van der Waals surface area contributed by atoms with Gasteiger partial charge in [-0.3, -0.25) is 9.69 Å². The number of rotatable bonds is 4. The van der Waals surface area contributed by atoms with Gasteiger partial charge in [0.25, 0.3) is 5.91 Å². The summed E-state index contributed by atoms with van der Waals surface area (Å²) in [5, 5.41) is 4.92. The summed E-state index contributed by atoms with van der Waals surface area (Å²) >= 11 is 1.76. The van der Waals surface area contributed by atoms with E-state index in [1.54, 1.807) is 11.3 Å². The predicted octanol–water partition coefficient (Wildman–Crippen LogP) is 4.50. The average Bonchev–Trinajstić information content (AvgIpc) is 3.05. The van der Waals surface area contributed by atoms with Gasteiger partial charge in [0, 0.05) is 35.6 Å². The topological polar surface area (TPSA) is 32.3 Å². The van der Waals surface area contributed by atoms with E-state index in [0.717, 1.165) is 18.6 Å².